The van der Waals surface area contributed by atoms with Crippen LogP contribution in [-0.2, 0) is 0 Å². The standard InChI is InChI=1S/C32H36FN3O2/c1-5-7-8-11-19-35(31(37)24-13-12-14-25(33)21-24)29(6-2)30-34-28-16-10-9-15-27(28)32(38)36(30)26-18-17-22(3)23(4)20-26/h9-10,12-18,20-21,29H,5-8,11,19H2,1-4H3. The molecular weight excluding hydrogens is 477 g/mol. The van der Waals surface area contributed by atoms with E-state index in [0.717, 1.165) is 36.8 Å². The van der Waals surface area contributed by atoms with Crippen LogP contribution in [0.2, 0.25) is 0 Å². The first kappa shape index (κ1) is 27.2. The maximum absolute atomic E-state index is 14.1. The monoisotopic (exact) mass is 513 g/mol. The zero-order chi connectivity index (χ0) is 27.2. The summed E-state index contributed by atoms with van der Waals surface area (Å²) in [5.74, 6) is -0.202. The van der Waals surface area contributed by atoms with E-state index in [4.69, 9.17) is 4.98 Å². The molecule has 38 heavy (non-hydrogen) atoms. The van der Waals surface area contributed by atoms with Gasteiger partial charge in [-0.3, -0.25) is 14.2 Å². The van der Waals surface area contributed by atoms with Crippen molar-refractivity contribution in [2.45, 2.75) is 65.8 Å². The molecule has 3 aromatic carbocycles. The maximum atomic E-state index is 14.1. The third-order valence-electron chi connectivity index (χ3n) is 7.20. The van der Waals surface area contributed by atoms with Gasteiger partial charge >= 0.3 is 0 Å². The summed E-state index contributed by atoms with van der Waals surface area (Å²) in [6.45, 7) is 8.68. The van der Waals surface area contributed by atoms with Crippen molar-refractivity contribution in [3.8, 4) is 5.69 Å². The van der Waals surface area contributed by atoms with Crippen LogP contribution < -0.4 is 5.56 Å². The van der Waals surface area contributed by atoms with Crippen LogP contribution in [0.5, 0.6) is 0 Å². The van der Waals surface area contributed by atoms with Crippen molar-refractivity contribution < 1.29 is 9.18 Å². The number of aromatic nitrogens is 2. The van der Waals surface area contributed by atoms with E-state index >= 15 is 0 Å². The third-order valence-corrected chi connectivity index (χ3v) is 7.20. The third kappa shape index (κ3) is 5.69. The minimum Gasteiger partial charge on any atom is -0.328 e. The molecule has 6 heteroatoms. The number of carbonyl (C=O) groups excluding carboxylic acids is 1. The van der Waals surface area contributed by atoms with Gasteiger partial charge in [-0.05, 0) is 80.3 Å². The first-order valence-electron chi connectivity index (χ1n) is 13.5. The fourth-order valence-corrected chi connectivity index (χ4v) is 4.93. The Morgan fingerprint density at radius 2 is 1.74 bits per heavy atom. The van der Waals surface area contributed by atoms with Crippen LogP contribution in [0.4, 0.5) is 4.39 Å². The Labute approximate surface area is 224 Å². The first-order chi connectivity index (χ1) is 18.3. The summed E-state index contributed by atoms with van der Waals surface area (Å²) >= 11 is 0. The number of nitrogens with zero attached hydrogens (tertiary/aromatic N) is 3. The molecule has 198 valence electrons. The first-order valence-corrected chi connectivity index (χ1v) is 13.5. The molecule has 0 saturated carbocycles. The normalized spacial score (nSPS) is 12.0. The molecule has 1 atom stereocenters. The van der Waals surface area contributed by atoms with Crippen LogP contribution in [0.3, 0.4) is 0 Å². The van der Waals surface area contributed by atoms with Gasteiger partial charge in [0.05, 0.1) is 22.6 Å². The lowest BCUT2D eigenvalue weighted by molar-refractivity contribution is 0.0654. The number of aryl methyl sites for hydroxylation is 2. The van der Waals surface area contributed by atoms with Crippen molar-refractivity contribution in [2.24, 2.45) is 0 Å². The average Bonchev–Trinajstić information content (AvgIpc) is 2.92. The average molecular weight is 514 g/mol. The van der Waals surface area contributed by atoms with Crippen LogP contribution in [0.25, 0.3) is 16.6 Å². The fourth-order valence-electron chi connectivity index (χ4n) is 4.93. The molecule has 4 aromatic rings. The lowest BCUT2D eigenvalue weighted by Crippen LogP contribution is -2.39. The van der Waals surface area contributed by atoms with Crippen LogP contribution in [0, 0.1) is 19.7 Å². The van der Waals surface area contributed by atoms with Gasteiger partial charge in [-0.1, -0.05) is 57.4 Å². The minimum absolute atomic E-state index is 0.170. The highest BCUT2D eigenvalue weighted by Crippen LogP contribution is 2.29. The van der Waals surface area contributed by atoms with Crippen molar-refractivity contribution in [1.29, 1.82) is 0 Å². The number of hydrogen-bond donors (Lipinski definition) is 0. The number of hydrogen-bond acceptors (Lipinski definition) is 3. The number of unbranched alkanes of at least 4 members (excludes halogenated alkanes) is 3. The van der Waals surface area contributed by atoms with E-state index in [-0.39, 0.29) is 11.5 Å². The summed E-state index contributed by atoms with van der Waals surface area (Å²) in [6, 6.07) is 18.6. The lowest BCUT2D eigenvalue weighted by Gasteiger charge is -2.32. The highest BCUT2D eigenvalue weighted by atomic mass is 19.1. The summed E-state index contributed by atoms with van der Waals surface area (Å²) in [6.07, 6.45) is 4.49. The van der Waals surface area contributed by atoms with Crippen LogP contribution in [-0.4, -0.2) is 26.9 Å². The topological polar surface area (TPSA) is 55.2 Å². The van der Waals surface area contributed by atoms with Gasteiger partial charge in [-0.25, -0.2) is 9.37 Å². The van der Waals surface area contributed by atoms with Gasteiger partial charge in [0.1, 0.15) is 11.6 Å². The fraction of sp³-hybridized carbons (Fsp3) is 0.344. The molecule has 0 radical (unpaired) electrons. The quantitative estimate of drug-likeness (QED) is 0.209. The Hall–Kier alpha value is -3.80. The van der Waals surface area contributed by atoms with Gasteiger partial charge in [0, 0.05) is 12.1 Å². The predicted octanol–water partition coefficient (Wildman–Crippen LogP) is 7.32. The van der Waals surface area contributed by atoms with Crippen molar-refractivity contribution in [3.63, 3.8) is 0 Å². The van der Waals surface area contributed by atoms with Crippen molar-refractivity contribution >= 4 is 16.8 Å². The largest absolute Gasteiger partial charge is 0.328 e. The van der Waals surface area contributed by atoms with Crippen molar-refractivity contribution in [2.75, 3.05) is 6.54 Å². The summed E-state index contributed by atoms with van der Waals surface area (Å²) in [7, 11) is 0. The molecule has 1 unspecified atom stereocenters. The second-order valence-corrected chi connectivity index (χ2v) is 9.89. The van der Waals surface area contributed by atoms with Crippen molar-refractivity contribution in [1.82, 2.24) is 14.5 Å². The Morgan fingerprint density at radius 3 is 2.45 bits per heavy atom. The van der Waals surface area contributed by atoms with E-state index in [1.54, 1.807) is 27.7 Å². The SMILES string of the molecule is CCCCCCN(C(=O)c1cccc(F)c1)C(CC)c1nc2ccccc2c(=O)n1-c1ccc(C)c(C)c1. The summed E-state index contributed by atoms with van der Waals surface area (Å²) in [5.41, 5.74) is 3.62. The Balaban J connectivity index is 1.92. The van der Waals surface area contributed by atoms with E-state index in [2.05, 4.69) is 6.92 Å². The molecule has 1 amide bonds. The van der Waals surface area contributed by atoms with E-state index < -0.39 is 11.9 Å². The zero-order valence-corrected chi connectivity index (χ0v) is 22.7. The summed E-state index contributed by atoms with van der Waals surface area (Å²) < 4.78 is 15.8. The summed E-state index contributed by atoms with van der Waals surface area (Å²) in [5, 5.41) is 0.523. The molecule has 0 aliphatic rings. The molecule has 0 aliphatic heterocycles. The highest BCUT2D eigenvalue weighted by molar-refractivity contribution is 5.94. The van der Waals surface area contributed by atoms with E-state index in [1.807, 2.05) is 57.2 Å². The highest BCUT2D eigenvalue weighted by Gasteiger charge is 2.29. The molecule has 0 N–H and O–H groups in total. The van der Waals surface area contributed by atoms with Crippen LogP contribution in [0.15, 0.2) is 71.5 Å². The Kier molecular flexibility index (Phi) is 8.72. The Bertz CT molecular complexity index is 1490. The van der Waals surface area contributed by atoms with Gasteiger partial charge in [0.25, 0.3) is 11.5 Å². The maximum Gasteiger partial charge on any atom is 0.266 e. The van der Waals surface area contributed by atoms with E-state index in [1.165, 1.54) is 12.1 Å². The molecule has 1 heterocycles. The zero-order valence-electron chi connectivity index (χ0n) is 22.7. The molecule has 0 bridgehead atoms. The van der Waals surface area contributed by atoms with Gasteiger partial charge in [-0.15, -0.1) is 0 Å². The minimum atomic E-state index is -0.480. The number of halogens is 1. The molecule has 0 saturated heterocycles. The number of fused-ring (bicyclic) bond motifs is 1. The molecule has 0 spiro atoms. The van der Waals surface area contributed by atoms with Gasteiger partial charge in [0.2, 0.25) is 0 Å². The van der Waals surface area contributed by atoms with Crippen LogP contribution in [0.1, 0.15) is 79.3 Å². The number of para-hydroxylation sites is 1. The molecular formula is C32H36FN3O2. The van der Waals surface area contributed by atoms with Gasteiger partial charge in [-0.2, -0.15) is 0 Å². The number of carbonyl (C=O) groups is 1. The Morgan fingerprint density at radius 1 is 0.947 bits per heavy atom. The van der Waals surface area contributed by atoms with Crippen molar-refractivity contribution in [3.05, 3.63) is 105 Å². The number of benzene rings is 3. The summed E-state index contributed by atoms with van der Waals surface area (Å²) in [4.78, 5) is 34.6. The van der Waals surface area contributed by atoms with Gasteiger partial charge < -0.3 is 4.90 Å². The molecule has 5 nitrogen and oxygen atoms in total. The molecule has 4 rings (SSSR count). The predicted molar refractivity (Wildman–Crippen MR) is 151 cm³/mol. The number of amides is 1. The van der Waals surface area contributed by atoms with Gasteiger partial charge in [0.15, 0.2) is 0 Å². The van der Waals surface area contributed by atoms with E-state index in [9.17, 15) is 14.0 Å². The van der Waals surface area contributed by atoms with Crippen LogP contribution >= 0.6 is 0 Å². The molecule has 1 aromatic heterocycles. The number of rotatable bonds is 10. The smallest absolute Gasteiger partial charge is 0.266 e. The lowest BCUT2D eigenvalue weighted by atomic mass is 10.1. The second-order valence-electron chi connectivity index (χ2n) is 9.89. The molecule has 0 fully saturated rings. The van der Waals surface area contributed by atoms with E-state index in [0.29, 0.717) is 40.9 Å². The second kappa shape index (κ2) is 12.2. The molecule has 0 aliphatic carbocycles.